The van der Waals surface area contributed by atoms with Crippen molar-refractivity contribution in [2.45, 2.75) is 6.92 Å². The van der Waals surface area contributed by atoms with Gasteiger partial charge in [-0.3, -0.25) is 14.9 Å². The van der Waals surface area contributed by atoms with Crippen molar-refractivity contribution in [3.8, 4) is 11.5 Å². The van der Waals surface area contributed by atoms with Crippen LogP contribution in [0, 0.1) is 10.1 Å². The van der Waals surface area contributed by atoms with Crippen molar-refractivity contribution in [1.29, 1.82) is 0 Å². The van der Waals surface area contributed by atoms with Crippen molar-refractivity contribution in [3.05, 3.63) is 63.2 Å². The van der Waals surface area contributed by atoms with Crippen LogP contribution in [0.4, 0.5) is 5.69 Å². The van der Waals surface area contributed by atoms with E-state index in [9.17, 15) is 14.9 Å². The number of carbonyl (C=O) groups is 1. The fourth-order valence-corrected chi connectivity index (χ4v) is 1.95. The molecule has 0 aliphatic heterocycles. The molecule has 0 unspecified atom stereocenters. The van der Waals surface area contributed by atoms with Gasteiger partial charge in [-0.15, -0.1) is 0 Å². The fourth-order valence-electron chi connectivity index (χ4n) is 1.64. The van der Waals surface area contributed by atoms with Crippen LogP contribution in [0.2, 0.25) is 5.02 Å². The lowest BCUT2D eigenvalue weighted by atomic mass is 10.1. The van der Waals surface area contributed by atoms with Gasteiger partial charge in [-0.05, 0) is 25.1 Å². The van der Waals surface area contributed by atoms with E-state index < -0.39 is 4.92 Å². The van der Waals surface area contributed by atoms with Gasteiger partial charge < -0.3 is 4.74 Å². The smallest absolute Gasteiger partial charge is 0.273 e. The third-order valence-electron chi connectivity index (χ3n) is 2.58. The summed E-state index contributed by atoms with van der Waals surface area (Å²) in [5.74, 6) is 0.586. The topological polar surface area (TPSA) is 69.4 Å². The number of hydrogen-bond acceptors (Lipinski definition) is 4. The quantitative estimate of drug-likeness (QED) is 0.480. The zero-order chi connectivity index (χ0) is 14.7. The molecule has 0 amide bonds. The zero-order valence-electron chi connectivity index (χ0n) is 10.5. The minimum Gasteiger partial charge on any atom is -0.457 e. The zero-order valence-corrected chi connectivity index (χ0v) is 11.3. The van der Waals surface area contributed by atoms with Crippen LogP contribution in [-0.2, 0) is 0 Å². The minimum absolute atomic E-state index is 0.0612. The molecule has 0 saturated carbocycles. The molecule has 0 aromatic heterocycles. The summed E-state index contributed by atoms with van der Waals surface area (Å²) in [6, 6.07) is 10.4. The van der Waals surface area contributed by atoms with Gasteiger partial charge in [0, 0.05) is 17.7 Å². The molecule has 2 aromatic rings. The Morgan fingerprint density at radius 1 is 1.20 bits per heavy atom. The summed E-state index contributed by atoms with van der Waals surface area (Å²) in [6.07, 6.45) is 0. The van der Waals surface area contributed by atoms with Gasteiger partial charge in [0.05, 0.1) is 16.0 Å². The van der Waals surface area contributed by atoms with Crippen molar-refractivity contribution < 1.29 is 14.5 Å². The van der Waals surface area contributed by atoms with Gasteiger partial charge in [0.15, 0.2) is 5.78 Å². The Morgan fingerprint density at radius 3 is 2.50 bits per heavy atom. The molecule has 0 spiro atoms. The summed E-state index contributed by atoms with van der Waals surface area (Å²) in [7, 11) is 0. The SMILES string of the molecule is CC(=O)c1ccc(Oc2cccc([N+](=O)[O-])c2)cc1Cl. The number of ether oxygens (including phenoxy) is 1. The van der Waals surface area contributed by atoms with E-state index in [-0.39, 0.29) is 16.5 Å². The lowest BCUT2D eigenvalue weighted by Crippen LogP contribution is -1.94. The predicted molar refractivity (Wildman–Crippen MR) is 74.6 cm³/mol. The molecule has 0 heterocycles. The van der Waals surface area contributed by atoms with Crippen molar-refractivity contribution in [1.82, 2.24) is 0 Å². The molecule has 102 valence electrons. The Kier molecular flexibility index (Phi) is 4.00. The molecule has 0 bridgehead atoms. The highest BCUT2D eigenvalue weighted by Gasteiger charge is 2.09. The van der Waals surface area contributed by atoms with E-state index in [1.54, 1.807) is 18.2 Å². The summed E-state index contributed by atoms with van der Waals surface area (Å²) in [6.45, 7) is 1.42. The normalized spacial score (nSPS) is 10.1. The molecule has 0 aliphatic rings. The van der Waals surface area contributed by atoms with Crippen molar-refractivity contribution in [2.75, 3.05) is 0 Å². The number of rotatable bonds is 4. The molecule has 2 rings (SSSR count). The number of hydrogen-bond donors (Lipinski definition) is 0. The molecular formula is C14H10ClNO4. The van der Waals surface area contributed by atoms with Crippen LogP contribution in [0.1, 0.15) is 17.3 Å². The average Bonchev–Trinajstić information content (AvgIpc) is 2.38. The number of nitro benzene ring substituents is 1. The maximum atomic E-state index is 11.3. The summed E-state index contributed by atoms with van der Waals surface area (Å²) >= 11 is 5.96. The number of benzene rings is 2. The summed E-state index contributed by atoms with van der Waals surface area (Å²) < 4.78 is 5.48. The second-order valence-corrected chi connectivity index (χ2v) is 4.46. The maximum absolute atomic E-state index is 11.3. The summed E-state index contributed by atoms with van der Waals surface area (Å²) in [5, 5.41) is 10.9. The molecule has 0 radical (unpaired) electrons. The van der Waals surface area contributed by atoms with Crippen LogP contribution in [-0.4, -0.2) is 10.7 Å². The Labute approximate surface area is 119 Å². The van der Waals surface area contributed by atoms with Crippen LogP contribution in [0.25, 0.3) is 0 Å². The maximum Gasteiger partial charge on any atom is 0.273 e. The van der Waals surface area contributed by atoms with Gasteiger partial charge in [-0.1, -0.05) is 17.7 Å². The van der Waals surface area contributed by atoms with Gasteiger partial charge in [-0.2, -0.15) is 0 Å². The second-order valence-electron chi connectivity index (χ2n) is 4.05. The first-order chi connectivity index (χ1) is 9.47. The van der Waals surface area contributed by atoms with Crippen LogP contribution in [0.15, 0.2) is 42.5 Å². The van der Waals surface area contributed by atoms with E-state index >= 15 is 0 Å². The van der Waals surface area contributed by atoms with Gasteiger partial charge in [0.1, 0.15) is 11.5 Å². The van der Waals surface area contributed by atoms with E-state index in [4.69, 9.17) is 16.3 Å². The van der Waals surface area contributed by atoms with Crippen LogP contribution < -0.4 is 4.74 Å². The van der Waals surface area contributed by atoms with Gasteiger partial charge in [0.2, 0.25) is 0 Å². The predicted octanol–water partition coefficient (Wildman–Crippen LogP) is 4.24. The number of carbonyl (C=O) groups excluding carboxylic acids is 1. The van der Waals surface area contributed by atoms with Crippen LogP contribution in [0.3, 0.4) is 0 Å². The van der Waals surface area contributed by atoms with Gasteiger partial charge in [0.25, 0.3) is 5.69 Å². The first kappa shape index (κ1) is 14.0. The van der Waals surface area contributed by atoms with E-state index in [1.807, 2.05) is 0 Å². The van der Waals surface area contributed by atoms with E-state index in [1.165, 1.54) is 31.2 Å². The molecule has 0 fully saturated rings. The van der Waals surface area contributed by atoms with Crippen molar-refractivity contribution in [2.24, 2.45) is 0 Å². The third kappa shape index (κ3) is 3.13. The Morgan fingerprint density at radius 2 is 1.90 bits per heavy atom. The third-order valence-corrected chi connectivity index (χ3v) is 2.90. The first-order valence-corrected chi connectivity index (χ1v) is 6.08. The lowest BCUT2D eigenvalue weighted by Gasteiger charge is -2.07. The molecule has 5 nitrogen and oxygen atoms in total. The summed E-state index contributed by atoms with van der Waals surface area (Å²) in [4.78, 5) is 21.4. The van der Waals surface area contributed by atoms with E-state index in [2.05, 4.69) is 0 Å². The second kappa shape index (κ2) is 5.71. The average molecular weight is 292 g/mol. The minimum atomic E-state index is -0.501. The van der Waals surface area contributed by atoms with E-state index in [0.29, 0.717) is 17.1 Å². The molecule has 0 atom stereocenters. The Bertz CT molecular complexity index is 685. The Balaban J connectivity index is 2.26. The van der Waals surface area contributed by atoms with Gasteiger partial charge >= 0.3 is 0 Å². The van der Waals surface area contributed by atoms with Crippen LogP contribution in [0.5, 0.6) is 11.5 Å². The highest BCUT2D eigenvalue weighted by molar-refractivity contribution is 6.34. The van der Waals surface area contributed by atoms with Crippen molar-refractivity contribution in [3.63, 3.8) is 0 Å². The molecule has 20 heavy (non-hydrogen) atoms. The Hall–Kier alpha value is -2.40. The van der Waals surface area contributed by atoms with E-state index in [0.717, 1.165) is 0 Å². The highest BCUT2D eigenvalue weighted by Crippen LogP contribution is 2.28. The number of nitrogens with zero attached hydrogens (tertiary/aromatic N) is 1. The molecule has 6 heteroatoms. The fraction of sp³-hybridized carbons (Fsp3) is 0.0714. The molecule has 0 saturated heterocycles. The number of Topliss-reactive ketones (excluding diaryl/α,β-unsaturated/α-hetero) is 1. The van der Waals surface area contributed by atoms with Crippen LogP contribution >= 0.6 is 11.6 Å². The van der Waals surface area contributed by atoms with Gasteiger partial charge in [-0.25, -0.2) is 0 Å². The summed E-state index contributed by atoms with van der Waals surface area (Å²) in [5.41, 5.74) is 0.340. The van der Waals surface area contributed by atoms with Crippen molar-refractivity contribution >= 4 is 23.1 Å². The largest absolute Gasteiger partial charge is 0.457 e. The molecule has 0 N–H and O–H groups in total. The highest BCUT2D eigenvalue weighted by atomic mass is 35.5. The standard InChI is InChI=1S/C14H10ClNO4/c1-9(17)13-6-5-12(8-14(13)15)20-11-4-2-3-10(7-11)16(18)19/h2-8H,1H3. The molecular weight excluding hydrogens is 282 g/mol. The number of nitro groups is 1. The first-order valence-electron chi connectivity index (χ1n) is 5.70. The monoisotopic (exact) mass is 291 g/mol. The number of halogens is 1. The lowest BCUT2D eigenvalue weighted by molar-refractivity contribution is -0.384. The molecule has 0 aliphatic carbocycles. The molecule has 2 aromatic carbocycles. The number of non-ortho nitro benzene ring substituents is 1. The number of ketones is 1.